The van der Waals surface area contributed by atoms with Gasteiger partial charge in [-0.2, -0.15) is 0 Å². The zero-order chi connectivity index (χ0) is 16.2. The van der Waals surface area contributed by atoms with E-state index in [1.54, 1.807) is 7.05 Å². The van der Waals surface area contributed by atoms with Gasteiger partial charge < -0.3 is 20.4 Å². The highest BCUT2D eigenvalue weighted by Gasteiger charge is 2.16. The Bertz CT molecular complexity index is 538. The molecule has 1 aromatic rings. The van der Waals surface area contributed by atoms with Gasteiger partial charge in [-0.05, 0) is 31.5 Å². The third-order valence-corrected chi connectivity index (χ3v) is 3.25. The van der Waals surface area contributed by atoms with Crippen LogP contribution in [0.15, 0.2) is 18.2 Å². The molecular formula is C14H18N2O5. The molecule has 3 N–H and O–H groups in total. The minimum atomic E-state index is -1.26. The highest BCUT2D eigenvalue weighted by atomic mass is 16.4. The molecule has 0 bridgehead atoms. The first-order valence-corrected chi connectivity index (χ1v) is 6.41. The average Bonchev–Trinajstić information content (AvgIpc) is 2.44. The fourth-order valence-corrected chi connectivity index (χ4v) is 1.63. The van der Waals surface area contributed by atoms with Crippen LogP contribution in [0.3, 0.4) is 0 Å². The van der Waals surface area contributed by atoms with E-state index in [2.05, 4.69) is 5.32 Å². The van der Waals surface area contributed by atoms with Crippen LogP contribution in [-0.2, 0) is 0 Å². The molecule has 0 aromatic heterocycles. The molecule has 0 heterocycles. The molecule has 1 atom stereocenters. The predicted octanol–water partition coefficient (Wildman–Crippen LogP) is 2.35. The second kappa shape index (κ2) is 6.74. The van der Waals surface area contributed by atoms with Crippen LogP contribution in [0.4, 0.5) is 10.5 Å². The van der Waals surface area contributed by atoms with Gasteiger partial charge in [0, 0.05) is 18.8 Å². The first kappa shape index (κ1) is 16.5. The molecule has 0 aliphatic heterocycles. The van der Waals surface area contributed by atoms with E-state index < -0.39 is 18.0 Å². The summed E-state index contributed by atoms with van der Waals surface area (Å²) in [5, 5.41) is 20.4. The SMILES string of the molecule is CCC(C)N(C)C(=O)Nc1cc(C(=O)O)cc(C(=O)O)c1. The summed E-state index contributed by atoms with van der Waals surface area (Å²) in [4.78, 5) is 35.4. The number of benzene rings is 1. The molecule has 1 unspecified atom stereocenters. The molecule has 114 valence electrons. The first-order valence-electron chi connectivity index (χ1n) is 6.41. The number of carboxylic acids is 2. The number of aromatic carboxylic acids is 2. The molecule has 7 nitrogen and oxygen atoms in total. The van der Waals surface area contributed by atoms with Crippen LogP contribution < -0.4 is 5.32 Å². The molecule has 0 saturated carbocycles. The van der Waals surface area contributed by atoms with Gasteiger partial charge in [-0.15, -0.1) is 0 Å². The Morgan fingerprint density at radius 3 is 2.00 bits per heavy atom. The smallest absolute Gasteiger partial charge is 0.335 e. The maximum Gasteiger partial charge on any atom is 0.335 e. The molecule has 1 aromatic carbocycles. The molecule has 0 aliphatic rings. The number of hydrogen-bond acceptors (Lipinski definition) is 3. The quantitative estimate of drug-likeness (QED) is 0.772. The number of urea groups is 1. The van der Waals surface area contributed by atoms with Gasteiger partial charge >= 0.3 is 18.0 Å². The van der Waals surface area contributed by atoms with Crippen molar-refractivity contribution < 1.29 is 24.6 Å². The van der Waals surface area contributed by atoms with Crippen LogP contribution in [0.1, 0.15) is 41.0 Å². The second-order valence-electron chi connectivity index (χ2n) is 4.71. The van der Waals surface area contributed by atoms with Gasteiger partial charge in [-0.25, -0.2) is 14.4 Å². The van der Waals surface area contributed by atoms with E-state index in [0.717, 1.165) is 12.5 Å². The van der Waals surface area contributed by atoms with Crippen molar-refractivity contribution in [2.24, 2.45) is 0 Å². The highest BCUT2D eigenvalue weighted by Crippen LogP contribution is 2.16. The van der Waals surface area contributed by atoms with Crippen molar-refractivity contribution in [3.8, 4) is 0 Å². The monoisotopic (exact) mass is 294 g/mol. The molecule has 0 radical (unpaired) electrons. The van der Waals surface area contributed by atoms with Crippen molar-refractivity contribution in [1.29, 1.82) is 0 Å². The van der Waals surface area contributed by atoms with E-state index in [9.17, 15) is 14.4 Å². The van der Waals surface area contributed by atoms with Gasteiger partial charge in [0.05, 0.1) is 11.1 Å². The Morgan fingerprint density at radius 1 is 1.14 bits per heavy atom. The number of carbonyl (C=O) groups excluding carboxylic acids is 1. The maximum atomic E-state index is 12.0. The molecule has 0 saturated heterocycles. The van der Waals surface area contributed by atoms with Gasteiger partial charge in [-0.3, -0.25) is 0 Å². The molecule has 0 fully saturated rings. The van der Waals surface area contributed by atoms with Crippen molar-refractivity contribution in [3.05, 3.63) is 29.3 Å². The lowest BCUT2D eigenvalue weighted by Gasteiger charge is -2.24. The van der Waals surface area contributed by atoms with E-state index >= 15 is 0 Å². The van der Waals surface area contributed by atoms with Crippen molar-refractivity contribution in [1.82, 2.24) is 4.90 Å². The lowest BCUT2D eigenvalue weighted by atomic mass is 10.1. The minimum absolute atomic E-state index is 0.00611. The van der Waals surface area contributed by atoms with Crippen molar-refractivity contribution in [3.63, 3.8) is 0 Å². The Hall–Kier alpha value is -2.57. The fourth-order valence-electron chi connectivity index (χ4n) is 1.63. The number of anilines is 1. The number of nitrogens with zero attached hydrogens (tertiary/aromatic N) is 1. The first-order chi connectivity index (χ1) is 9.76. The van der Waals surface area contributed by atoms with Gasteiger partial charge in [0.15, 0.2) is 0 Å². The standard InChI is InChI=1S/C14H18N2O5/c1-4-8(2)16(3)14(21)15-11-6-9(12(17)18)5-10(7-11)13(19)20/h5-8H,4H2,1-3H3,(H,15,21)(H,17,18)(H,19,20). The molecule has 2 amide bonds. The summed E-state index contributed by atoms with van der Waals surface area (Å²) in [6.07, 6.45) is 0.763. The van der Waals surface area contributed by atoms with Crippen LogP contribution in [0.2, 0.25) is 0 Å². The lowest BCUT2D eigenvalue weighted by Crippen LogP contribution is -2.37. The summed E-state index contributed by atoms with van der Waals surface area (Å²) in [5.74, 6) is -2.52. The van der Waals surface area contributed by atoms with E-state index in [1.807, 2.05) is 13.8 Å². The minimum Gasteiger partial charge on any atom is -0.478 e. The number of amides is 2. The van der Waals surface area contributed by atoms with Gasteiger partial charge in [0.25, 0.3) is 0 Å². The third-order valence-electron chi connectivity index (χ3n) is 3.25. The number of nitrogens with one attached hydrogen (secondary N) is 1. The van der Waals surface area contributed by atoms with E-state index in [1.165, 1.54) is 17.0 Å². The fraction of sp³-hybridized carbons (Fsp3) is 0.357. The lowest BCUT2D eigenvalue weighted by molar-refractivity contribution is 0.0696. The van der Waals surface area contributed by atoms with E-state index in [-0.39, 0.29) is 22.9 Å². The van der Waals surface area contributed by atoms with E-state index in [4.69, 9.17) is 10.2 Å². The Kier molecular flexibility index (Phi) is 5.29. The summed E-state index contributed by atoms with van der Waals surface area (Å²) in [6, 6.07) is 3.06. The zero-order valence-corrected chi connectivity index (χ0v) is 12.1. The van der Waals surface area contributed by atoms with Crippen LogP contribution in [0, 0.1) is 0 Å². The molecule has 21 heavy (non-hydrogen) atoms. The van der Waals surface area contributed by atoms with Gasteiger partial charge in [0.1, 0.15) is 0 Å². The summed E-state index contributed by atoms with van der Waals surface area (Å²) < 4.78 is 0. The zero-order valence-electron chi connectivity index (χ0n) is 12.1. The third kappa shape index (κ3) is 4.20. The Balaban J connectivity index is 3.05. The molecule has 1 rings (SSSR count). The molecule has 7 heteroatoms. The highest BCUT2D eigenvalue weighted by molar-refractivity contribution is 5.98. The summed E-state index contributed by atoms with van der Waals surface area (Å²) in [7, 11) is 1.61. The summed E-state index contributed by atoms with van der Waals surface area (Å²) >= 11 is 0. The second-order valence-corrected chi connectivity index (χ2v) is 4.71. The largest absolute Gasteiger partial charge is 0.478 e. The topological polar surface area (TPSA) is 107 Å². The molecule has 0 aliphatic carbocycles. The van der Waals surface area contributed by atoms with Crippen LogP contribution >= 0.6 is 0 Å². The number of carboxylic acid groups (broad SMARTS) is 2. The summed E-state index contributed by atoms with van der Waals surface area (Å²) in [6.45, 7) is 3.80. The van der Waals surface area contributed by atoms with Crippen molar-refractivity contribution >= 4 is 23.7 Å². The Labute approximate surface area is 122 Å². The number of hydrogen-bond donors (Lipinski definition) is 3. The van der Waals surface area contributed by atoms with Gasteiger partial charge in [0.2, 0.25) is 0 Å². The number of carbonyl (C=O) groups is 3. The van der Waals surface area contributed by atoms with Crippen molar-refractivity contribution in [2.75, 3.05) is 12.4 Å². The van der Waals surface area contributed by atoms with Crippen LogP contribution in [0.25, 0.3) is 0 Å². The van der Waals surface area contributed by atoms with Crippen molar-refractivity contribution in [2.45, 2.75) is 26.3 Å². The van der Waals surface area contributed by atoms with Gasteiger partial charge in [-0.1, -0.05) is 6.92 Å². The molecular weight excluding hydrogens is 276 g/mol. The van der Waals surface area contributed by atoms with E-state index in [0.29, 0.717) is 0 Å². The number of rotatable bonds is 5. The average molecular weight is 294 g/mol. The predicted molar refractivity (Wildman–Crippen MR) is 76.9 cm³/mol. The normalized spacial score (nSPS) is 11.6. The molecule has 0 spiro atoms. The van der Waals surface area contributed by atoms with Crippen LogP contribution in [-0.4, -0.2) is 46.2 Å². The summed E-state index contributed by atoms with van der Waals surface area (Å²) in [5.41, 5.74) is -0.264. The maximum absolute atomic E-state index is 12.0. The Morgan fingerprint density at radius 2 is 1.62 bits per heavy atom. The van der Waals surface area contributed by atoms with Crippen LogP contribution in [0.5, 0.6) is 0 Å².